The molecule has 2 saturated heterocycles. The summed E-state index contributed by atoms with van der Waals surface area (Å²) in [6.07, 6.45) is -0.0340. The third-order valence-electron chi connectivity index (χ3n) is 3.79. The normalized spacial score (nSPS) is 32.2. The van der Waals surface area contributed by atoms with Gasteiger partial charge in [0.15, 0.2) is 5.79 Å². The molecule has 2 aliphatic heterocycles. The van der Waals surface area contributed by atoms with Crippen LogP contribution < -0.4 is 0 Å². The van der Waals surface area contributed by atoms with Crippen molar-refractivity contribution in [1.29, 1.82) is 0 Å². The number of amides is 1. The molecule has 20 heavy (non-hydrogen) atoms. The van der Waals surface area contributed by atoms with E-state index in [0.717, 1.165) is 5.56 Å². The lowest BCUT2D eigenvalue weighted by molar-refractivity contribution is -0.166. The van der Waals surface area contributed by atoms with Crippen LogP contribution in [-0.2, 0) is 20.8 Å². The molecule has 5 heteroatoms. The molecule has 0 aliphatic carbocycles. The Kier molecular flexibility index (Phi) is 3.77. The number of carbonyl (C=O) groups is 1. The maximum Gasteiger partial charge on any atom is 0.238 e. The molecule has 0 spiro atoms. The highest BCUT2D eigenvalue weighted by Gasteiger charge is 2.53. The predicted octanol–water partition coefficient (Wildman–Crippen LogP) is 2.35. The molecule has 2 fully saturated rings. The summed E-state index contributed by atoms with van der Waals surface area (Å²) in [5.41, 5.74) is 1.15. The summed E-state index contributed by atoms with van der Waals surface area (Å²) in [6, 6.07) is 10.2. The van der Waals surface area contributed by atoms with Crippen molar-refractivity contribution >= 4 is 28.5 Å². The van der Waals surface area contributed by atoms with Gasteiger partial charge in [0, 0.05) is 6.54 Å². The van der Waals surface area contributed by atoms with Crippen LogP contribution in [0.25, 0.3) is 0 Å². The summed E-state index contributed by atoms with van der Waals surface area (Å²) in [5, 5.41) is 0. The second-order valence-electron chi connectivity index (χ2n) is 5.71. The molecular weight excluding hydrogens is 369 g/mol. The van der Waals surface area contributed by atoms with E-state index in [0.29, 0.717) is 13.2 Å². The minimum Gasteiger partial charge on any atom is -0.348 e. The van der Waals surface area contributed by atoms with Crippen molar-refractivity contribution in [3.05, 3.63) is 35.9 Å². The van der Waals surface area contributed by atoms with Gasteiger partial charge < -0.3 is 14.4 Å². The average Bonchev–Trinajstić information content (AvgIpc) is 2.78. The maximum absolute atomic E-state index is 12.1. The Labute approximate surface area is 132 Å². The Morgan fingerprint density at radius 3 is 2.65 bits per heavy atom. The van der Waals surface area contributed by atoms with Crippen LogP contribution in [0.3, 0.4) is 0 Å². The Balaban J connectivity index is 1.72. The first-order valence-corrected chi connectivity index (χ1v) is 8.03. The fourth-order valence-electron chi connectivity index (χ4n) is 2.76. The van der Waals surface area contributed by atoms with Gasteiger partial charge in [0.1, 0.15) is 10.0 Å². The first-order valence-electron chi connectivity index (χ1n) is 6.78. The lowest BCUT2D eigenvalue weighted by Crippen LogP contribution is -2.66. The Bertz CT molecular complexity index is 505. The van der Waals surface area contributed by atoms with E-state index in [9.17, 15) is 4.79 Å². The lowest BCUT2D eigenvalue weighted by Gasteiger charge is -2.47. The minimum atomic E-state index is -0.544. The van der Waals surface area contributed by atoms with E-state index in [-0.39, 0.29) is 22.0 Å². The molecule has 1 aromatic carbocycles. The molecule has 4 nitrogen and oxygen atoms in total. The second-order valence-corrected chi connectivity index (χ2v) is 7.05. The minimum absolute atomic E-state index is 0.0150. The van der Waals surface area contributed by atoms with E-state index < -0.39 is 5.79 Å². The topological polar surface area (TPSA) is 38.8 Å². The molecule has 3 atom stereocenters. The molecule has 3 rings (SSSR count). The van der Waals surface area contributed by atoms with Crippen LogP contribution in [-0.4, -0.2) is 39.3 Å². The van der Waals surface area contributed by atoms with E-state index >= 15 is 0 Å². The molecule has 0 bridgehead atoms. The van der Waals surface area contributed by atoms with E-state index in [1.165, 1.54) is 0 Å². The summed E-state index contributed by atoms with van der Waals surface area (Å²) in [4.78, 5) is 14.0. The fourth-order valence-corrected chi connectivity index (χ4v) is 3.97. The van der Waals surface area contributed by atoms with Crippen LogP contribution in [0.15, 0.2) is 30.3 Å². The van der Waals surface area contributed by atoms with Gasteiger partial charge in [-0.15, -0.1) is 0 Å². The van der Waals surface area contributed by atoms with Crippen LogP contribution >= 0.6 is 22.6 Å². The molecule has 2 heterocycles. The number of β-lactam (4-membered cyclic amide) rings is 1. The number of hydrogen-bond acceptors (Lipinski definition) is 3. The van der Waals surface area contributed by atoms with Gasteiger partial charge in [-0.05, 0) is 19.4 Å². The molecule has 0 radical (unpaired) electrons. The van der Waals surface area contributed by atoms with E-state index in [1.54, 1.807) is 0 Å². The molecule has 1 aromatic rings. The van der Waals surface area contributed by atoms with E-state index in [1.807, 2.05) is 49.1 Å². The first-order chi connectivity index (χ1) is 9.48. The van der Waals surface area contributed by atoms with Crippen molar-refractivity contribution in [2.75, 3.05) is 6.61 Å². The Hall–Kier alpha value is -0.660. The number of benzene rings is 1. The first kappa shape index (κ1) is 14.3. The molecule has 0 saturated carbocycles. The SMILES string of the molecule is CC1(C)OC[C@H]([C@H]2[C@@H](I)C(=O)N2Cc2ccccc2)O1. The number of likely N-dealkylation sites (tertiary alicyclic amines) is 1. The zero-order valence-electron chi connectivity index (χ0n) is 11.6. The molecule has 0 unspecified atom stereocenters. The van der Waals surface area contributed by atoms with Crippen LogP contribution in [0.2, 0.25) is 0 Å². The zero-order chi connectivity index (χ0) is 14.3. The summed E-state index contributed by atoms with van der Waals surface area (Å²) < 4.78 is 11.5. The van der Waals surface area contributed by atoms with Gasteiger partial charge >= 0.3 is 0 Å². The van der Waals surface area contributed by atoms with Gasteiger partial charge in [-0.1, -0.05) is 52.9 Å². The van der Waals surface area contributed by atoms with Gasteiger partial charge in [-0.3, -0.25) is 4.79 Å². The predicted molar refractivity (Wildman–Crippen MR) is 83.5 cm³/mol. The zero-order valence-corrected chi connectivity index (χ0v) is 13.7. The van der Waals surface area contributed by atoms with Gasteiger partial charge in [-0.2, -0.15) is 0 Å². The molecular formula is C15H18INO3. The molecule has 108 valence electrons. The average molecular weight is 387 g/mol. The van der Waals surface area contributed by atoms with Crippen LogP contribution in [0, 0.1) is 0 Å². The maximum atomic E-state index is 12.1. The third kappa shape index (κ3) is 2.58. The van der Waals surface area contributed by atoms with Crippen molar-refractivity contribution in [3.8, 4) is 0 Å². The van der Waals surface area contributed by atoms with Crippen molar-refractivity contribution in [2.24, 2.45) is 0 Å². The van der Waals surface area contributed by atoms with Gasteiger partial charge in [0.25, 0.3) is 0 Å². The molecule has 0 aromatic heterocycles. The molecule has 0 N–H and O–H groups in total. The van der Waals surface area contributed by atoms with E-state index in [2.05, 4.69) is 22.6 Å². The highest BCUT2D eigenvalue weighted by molar-refractivity contribution is 14.1. The standard InChI is InChI=1S/C15H18INO3/c1-15(2)19-9-11(20-15)13-12(16)14(18)17(13)8-10-6-4-3-5-7-10/h3-7,11-13H,8-9H2,1-2H3/t11-,12-,13+/m1/s1. The van der Waals surface area contributed by atoms with Crippen LogP contribution in [0.4, 0.5) is 0 Å². The fraction of sp³-hybridized carbons (Fsp3) is 0.533. The van der Waals surface area contributed by atoms with Crippen molar-refractivity contribution < 1.29 is 14.3 Å². The quantitative estimate of drug-likeness (QED) is 0.454. The summed E-state index contributed by atoms with van der Waals surface area (Å²) in [6.45, 7) is 5.02. The van der Waals surface area contributed by atoms with E-state index in [4.69, 9.17) is 9.47 Å². The Morgan fingerprint density at radius 2 is 2.05 bits per heavy atom. The van der Waals surface area contributed by atoms with Gasteiger partial charge in [0.2, 0.25) is 5.91 Å². The summed E-state index contributed by atoms with van der Waals surface area (Å²) in [5.74, 6) is -0.356. The van der Waals surface area contributed by atoms with Crippen molar-refractivity contribution in [3.63, 3.8) is 0 Å². The number of halogens is 1. The second kappa shape index (κ2) is 5.27. The number of alkyl halides is 1. The highest BCUT2D eigenvalue weighted by Crippen LogP contribution is 2.37. The number of rotatable bonds is 3. The largest absolute Gasteiger partial charge is 0.348 e. The van der Waals surface area contributed by atoms with Gasteiger partial charge in [0.05, 0.1) is 12.6 Å². The number of nitrogens with zero attached hydrogens (tertiary/aromatic N) is 1. The smallest absolute Gasteiger partial charge is 0.238 e. The monoisotopic (exact) mass is 387 g/mol. The van der Waals surface area contributed by atoms with Gasteiger partial charge in [-0.25, -0.2) is 0 Å². The number of ether oxygens (including phenoxy) is 2. The summed E-state index contributed by atoms with van der Waals surface area (Å²) in [7, 11) is 0. The third-order valence-corrected chi connectivity index (χ3v) is 5.06. The van der Waals surface area contributed by atoms with Crippen molar-refractivity contribution in [1.82, 2.24) is 4.90 Å². The number of hydrogen-bond donors (Lipinski definition) is 0. The molecule has 1 amide bonds. The lowest BCUT2D eigenvalue weighted by atomic mass is 9.95. The molecule has 2 aliphatic rings. The van der Waals surface area contributed by atoms with Crippen LogP contribution in [0.1, 0.15) is 19.4 Å². The summed E-state index contributed by atoms with van der Waals surface area (Å²) >= 11 is 2.21. The Morgan fingerprint density at radius 1 is 1.35 bits per heavy atom. The van der Waals surface area contributed by atoms with Crippen LogP contribution in [0.5, 0.6) is 0 Å². The highest BCUT2D eigenvalue weighted by atomic mass is 127. The van der Waals surface area contributed by atoms with Crippen molar-refractivity contribution in [2.45, 2.75) is 42.2 Å². The number of carbonyl (C=O) groups excluding carboxylic acids is 1.